The van der Waals surface area contributed by atoms with E-state index in [0.717, 1.165) is 19.3 Å². The molecule has 1 aromatic heterocycles. The lowest BCUT2D eigenvalue weighted by Crippen LogP contribution is -2.33. The molecule has 0 amide bonds. The molecule has 1 aromatic carbocycles. The lowest BCUT2D eigenvalue weighted by Gasteiger charge is -2.27. The van der Waals surface area contributed by atoms with Crippen LogP contribution < -0.4 is 16.1 Å². The normalized spacial score (nSPS) is 24.0. The van der Waals surface area contributed by atoms with Crippen LogP contribution in [0.4, 0.5) is 10.1 Å². The molecule has 2 fully saturated rings. The molecule has 1 aliphatic carbocycles. The summed E-state index contributed by atoms with van der Waals surface area (Å²) in [5, 5.41) is 9.49. The van der Waals surface area contributed by atoms with Crippen molar-refractivity contribution in [1.82, 2.24) is 4.57 Å². The second-order valence-electron chi connectivity index (χ2n) is 7.63. The Morgan fingerprint density at radius 2 is 2.11 bits per heavy atom. The summed E-state index contributed by atoms with van der Waals surface area (Å²) in [5.41, 5.74) is 6.62. The molecule has 5 rings (SSSR count). The Balaban J connectivity index is 1.88. The summed E-state index contributed by atoms with van der Waals surface area (Å²) >= 11 is 0. The van der Waals surface area contributed by atoms with E-state index in [0.29, 0.717) is 29.9 Å². The van der Waals surface area contributed by atoms with Gasteiger partial charge in [0, 0.05) is 36.6 Å². The van der Waals surface area contributed by atoms with Crippen LogP contribution in [0.2, 0.25) is 0 Å². The number of aromatic nitrogens is 1. The Morgan fingerprint density at radius 1 is 1.33 bits per heavy atom. The predicted molar refractivity (Wildman–Crippen MR) is 99.6 cm³/mol. The minimum atomic E-state index is -1.30. The van der Waals surface area contributed by atoms with Gasteiger partial charge in [0.05, 0.1) is 29.2 Å². The number of benzene rings is 1. The lowest BCUT2D eigenvalue weighted by atomic mass is 10.0. The van der Waals surface area contributed by atoms with Crippen LogP contribution in [0.1, 0.15) is 41.2 Å². The van der Waals surface area contributed by atoms with E-state index in [-0.39, 0.29) is 29.1 Å². The third-order valence-corrected chi connectivity index (χ3v) is 5.72. The minimum Gasteiger partial charge on any atom is -0.477 e. The van der Waals surface area contributed by atoms with Crippen LogP contribution in [0.25, 0.3) is 10.9 Å². The molecular weight excluding hydrogens is 351 g/mol. The zero-order chi connectivity index (χ0) is 18.9. The molecule has 0 radical (unpaired) electrons. The molecule has 140 valence electrons. The van der Waals surface area contributed by atoms with Gasteiger partial charge < -0.3 is 20.3 Å². The highest BCUT2D eigenvalue weighted by Gasteiger charge is 2.36. The highest BCUT2D eigenvalue weighted by atomic mass is 19.1. The fourth-order valence-electron chi connectivity index (χ4n) is 4.38. The smallest absolute Gasteiger partial charge is 0.341 e. The number of anilines is 1. The van der Waals surface area contributed by atoms with Gasteiger partial charge in [0.2, 0.25) is 5.43 Å². The molecule has 2 atom stereocenters. The van der Waals surface area contributed by atoms with Gasteiger partial charge in [0.1, 0.15) is 11.4 Å². The predicted octanol–water partition coefficient (Wildman–Crippen LogP) is 1.51. The van der Waals surface area contributed by atoms with Crippen molar-refractivity contribution < 1.29 is 14.3 Å². The van der Waals surface area contributed by atoms with Crippen LogP contribution in [0.3, 0.4) is 0 Å². The van der Waals surface area contributed by atoms with Crippen LogP contribution in [0, 0.1) is 5.82 Å². The number of pyridine rings is 1. The van der Waals surface area contributed by atoms with Crippen molar-refractivity contribution in [2.45, 2.75) is 37.4 Å². The molecule has 3 N–H and O–H groups in total. The molecule has 0 spiro atoms. The van der Waals surface area contributed by atoms with Gasteiger partial charge in [-0.3, -0.25) is 9.79 Å². The first kappa shape index (κ1) is 16.4. The van der Waals surface area contributed by atoms with Gasteiger partial charge in [0.15, 0.2) is 0 Å². The number of hydrogen-bond acceptors (Lipinski definition) is 5. The molecule has 2 aromatic rings. The van der Waals surface area contributed by atoms with E-state index >= 15 is 4.39 Å². The summed E-state index contributed by atoms with van der Waals surface area (Å²) in [4.78, 5) is 30.7. The molecule has 8 heteroatoms. The average Bonchev–Trinajstić information content (AvgIpc) is 3.40. The van der Waals surface area contributed by atoms with Gasteiger partial charge in [-0.2, -0.15) is 0 Å². The monoisotopic (exact) mass is 370 g/mol. The van der Waals surface area contributed by atoms with Gasteiger partial charge in [-0.1, -0.05) is 0 Å². The van der Waals surface area contributed by atoms with Crippen molar-refractivity contribution >= 4 is 28.8 Å². The van der Waals surface area contributed by atoms with Gasteiger partial charge in [-0.05, 0) is 25.3 Å². The first-order chi connectivity index (χ1) is 13.0. The number of aliphatic imine (C=N–C) groups is 1. The fourth-order valence-corrected chi connectivity index (χ4v) is 4.38. The van der Waals surface area contributed by atoms with E-state index in [1.165, 1.54) is 12.3 Å². The first-order valence-electron chi connectivity index (χ1n) is 9.12. The molecular formula is C19H19FN4O3. The summed E-state index contributed by atoms with van der Waals surface area (Å²) in [5.74, 6) is -1.84. The number of aromatic carboxylic acids is 1. The Kier molecular flexibility index (Phi) is 3.42. The molecule has 2 aliphatic heterocycles. The van der Waals surface area contributed by atoms with E-state index in [1.54, 1.807) is 6.21 Å². The molecule has 27 heavy (non-hydrogen) atoms. The van der Waals surface area contributed by atoms with E-state index in [9.17, 15) is 14.7 Å². The third-order valence-electron chi connectivity index (χ3n) is 5.72. The SMILES string of the molecule is N[C@H]1C[C@H]2CN=Cc3c(c(F)cc4c(=O)c(C(=O)O)cn(C5CC5)c34)N2C1. The maximum atomic E-state index is 15.2. The fraction of sp³-hybridized carbons (Fsp3) is 0.421. The molecule has 1 saturated carbocycles. The van der Waals surface area contributed by atoms with Crippen LogP contribution in [0.15, 0.2) is 22.1 Å². The summed E-state index contributed by atoms with van der Waals surface area (Å²) < 4.78 is 17.0. The number of fused-ring (bicyclic) bond motifs is 5. The zero-order valence-corrected chi connectivity index (χ0v) is 14.6. The quantitative estimate of drug-likeness (QED) is 0.835. The average molecular weight is 370 g/mol. The van der Waals surface area contributed by atoms with Gasteiger partial charge in [-0.25, -0.2) is 9.18 Å². The third kappa shape index (κ3) is 2.39. The second kappa shape index (κ2) is 5.63. The Labute approximate surface area is 153 Å². The van der Waals surface area contributed by atoms with Crippen LogP contribution in [-0.4, -0.2) is 47.0 Å². The molecule has 1 saturated heterocycles. The molecule has 3 aliphatic rings. The van der Waals surface area contributed by atoms with Crippen LogP contribution >= 0.6 is 0 Å². The van der Waals surface area contributed by atoms with Gasteiger partial charge >= 0.3 is 5.97 Å². The van der Waals surface area contributed by atoms with E-state index in [4.69, 9.17) is 5.73 Å². The number of rotatable bonds is 2. The molecule has 7 nitrogen and oxygen atoms in total. The molecule has 3 heterocycles. The van der Waals surface area contributed by atoms with E-state index in [2.05, 4.69) is 4.99 Å². The van der Waals surface area contributed by atoms with Gasteiger partial charge in [-0.15, -0.1) is 0 Å². The summed E-state index contributed by atoms with van der Waals surface area (Å²) in [6.45, 7) is 1.05. The second-order valence-corrected chi connectivity index (χ2v) is 7.63. The number of carbonyl (C=O) groups is 1. The van der Waals surface area contributed by atoms with Gasteiger partial charge in [0.25, 0.3) is 0 Å². The van der Waals surface area contributed by atoms with E-state index in [1.807, 2.05) is 9.47 Å². The maximum absolute atomic E-state index is 15.2. The topological polar surface area (TPSA) is 101 Å². The Bertz CT molecular complexity index is 1070. The number of nitrogens with two attached hydrogens (primary N) is 1. The first-order valence-corrected chi connectivity index (χ1v) is 9.12. The lowest BCUT2D eigenvalue weighted by molar-refractivity contribution is 0.0695. The maximum Gasteiger partial charge on any atom is 0.341 e. The highest BCUT2D eigenvalue weighted by molar-refractivity contribution is 6.06. The van der Waals surface area contributed by atoms with Crippen molar-refractivity contribution in [3.8, 4) is 0 Å². The zero-order valence-electron chi connectivity index (χ0n) is 14.6. The summed E-state index contributed by atoms with van der Waals surface area (Å²) in [6.07, 6.45) is 5.56. The number of nitrogens with zero attached hydrogens (tertiary/aromatic N) is 3. The molecule has 0 unspecified atom stereocenters. The van der Waals surface area contributed by atoms with E-state index < -0.39 is 17.2 Å². The highest BCUT2D eigenvalue weighted by Crippen LogP contribution is 2.41. The Morgan fingerprint density at radius 3 is 2.81 bits per heavy atom. The van der Waals surface area contributed by atoms with Crippen molar-refractivity contribution in [3.63, 3.8) is 0 Å². The van der Waals surface area contributed by atoms with Crippen molar-refractivity contribution in [2.75, 3.05) is 18.0 Å². The number of halogens is 1. The largest absolute Gasteiger partial charge is 0.477 e. The molecule has 0 bridgehead atoms. The minimum absolute atomic E-state index is 0.0313. The number of carboxylic acid groups (broad SMARTS) is 1. The Hall–Kier alpha value is -2.74. The van der Waals surface area contributed by atoms with Crippen molar-refractivity contribution in [2.24, 2.45) is 10.7 Å². The number of hydrogen-bond donors (Lipinski definition) is 2. The van der Waals surface area contributed by atoms with Crippen LogP contribution in [0.5, 0.6) is 0 Å². The number of carboxylic acids is 1. The van der Waals surface area contributed by atoms with Crippen molar-refractivity contribution in [1.29, 1.82) is 0 Å². The summed E-state index contributed by atoms with van der Waals surface area (Å²) in [6, 6.07) is 1.28. The summed E-state index contributed by atoms with van der Waals surface area (Å²) in [7, 11) is 0. The van der Waals surface area contributed by atoms with Crippen LogP contribution in [-0.2, 0) is 0 Å². The van der Waals surface area contributed by atoms with Crippen molar-refractivity contribution in [3.05, 3.63) is 39.4 Å². The standard InChI is InChI=1S/C19H19FN4O3/c20-15-4-12-16(24(10-1-2-10)8-14(18(12)25)19(26)27)13-6-22-5-11-3-9(21)7-23(11)17(13)15/h4,6,8-11H,1-3,5,7,21H2,(H,26,27)/t9-,11-/m0/s1.